The monoisotopic (exact) mass is 274 g/mol. The van der Waals surface area contributed by atoms with Gasteiger partial charge in [0.25, 0.3) is 0 Å². The lowest BCUT2D eigenvalue weighted by Gasteiger charge is -2.16. The smallest absolute Gasteiger partial charge is 0.327 e. The quantitative estimate of drug-likeness (QED) is 0.769. The van der Waals surface area contributed by atoms with E-state index in [2.05, 4.69) is 0 Å². The van der Waals surface area contributed by atoms with Gasteiger partial charge in [0.2, 0.25) is 5.91 Å². The first-order valence-corrected chi connectivity index (χ1v) is 6.95. The molecule has 0 N–H and O–H groups in total. The summed E-state index contributed by atoms with van der Waals surface area (Å²) in [5.41, 5.74) is 1.12. The number of ether oxygens (including phenoxy) is 1. The van der Waals surface area contributed by atoms with Crippen LogP contribution in [0.5, 0.6) is 5.75 Å². The van der Waals surface area contributed by atoms with E-state index in [0.717, 1.165) is 24.2 Å². The molecule has 0 aromatic heterocycles. The van der Waals surface area contributed by atoms with Gasteiger partial charge in [-0.1, -0.05) is 12.1 Å². The summed E-state index contributed by atoms with van der Waals surface area (Å²) in [5.74, 6) is 0.651. The van der Waals surface area contributed by atoms with Gasteiger partial charge in [0.1, 0.15) is 18.9 Å². The fraction of sp³-hybridized carbons (Fsp3) is 0.467. The van der Waals surface area contributed by atoms with E-state index in [9.17, 15) is 9.59 Å². The summed E-state index contributed by atoms with van der Waals surface area (Å²) in [6, 6.07) is 7.85. The molecule has 1 aliphatic carbocycles. The van der Waals surface area contributed by atoms with Crippen LogP contribution in [-0.2, 0) is 4.79 Å². The molecule has 0 atom stereocenters. The number of benzene rings is 1. The van der Waals surface area contributed by atoms with Gasteiger partial charge in [0.05, 0.1) is 6.54 Å². The van der Waals surface area contributed by atoms with Gasteiger partial charge >= 0.3 is 6.03 Å². The SMILES string of the molecule is Cc1cccc(OCCN2C(=O)CN(C3CC3)C2=O)c1. The van der Waals surface area contributed by atoms with Crippen molar-refractivity contribution in [2.75, 3.05) is 19.7 Å². The molecule has 1 saturated heterocycles. The maximum Gasteiger partial charge on any atom is 0.327 e. The highest BCUT2D eigenvalue weighted by Gasteiger charge is 2.43. The Morgan fingerprint density at radius 3 is 2.80 bits per heavy atom. The first-order chi connectivity index (χ1) is 9.65. The number of carbonyl (C=O) groups is 2. The molecule has 0 spiro atoms. The summed E-state index contributed by atoms with van der Waals surface area (Å²) >= 11 is 0. The Morgan fingerprint density at radius 2 is 2.10 bits per heavy atom. The summed E-state index contributed by atoms with van der Waals surface area (Å²) in [5, 5.41) is 0. The Bertz CT molecular complexity index is 540. The summed E-state index contributed by atoms with van der Waals surface area (Å²) in [7, 11) is 0. The van der Waals surface area contributed by atoms with Crippen LogP contribution in [0.25, 0.3) is 0 Å². The van der Waals surface area contributed by atoms with E-state index in [0.29, 0.717) is 13.2 Å². The van der Waals surface area contributed by atoms with Crippen LogP contribution in [0.3, 0.4) is 0 Å². The molecule has 2 fully saturated rings. The van der Waals surface area contributed by atoms with Gasteiger partial charge in [0.15, 0.2) is 0 Å². The molecule has 1 aliphatic heterocycles. The summed E-state index contributed by atoms with van der Waals surface area (Å²) in [6.45, 7) is 2.87. The molecule has 1 heterocycles. The maximum atomic E-state index is 12.1. The van der Waals surface area contributed by atoms with Crippen LogP contribution in [0.2, 0.25) is 0 Å². The topological polar surface area (TPSA) is 49.9 Å². The largest absolute Gasteiger partial charge is 0.492 e. The van der Waals surface area contributed by atoms with Crippen LogP contribution in [0.15, 0.2) is 24.3 Å². The van der Waals surface area contributed by atoms with Crippen molar-refractivity contribution in [2.45, 2.75) is 25.8 Å². The number of nitrogens with zero attached hydrogens (tertiary/aromatic N) is 2. The van der Waals surface area contributed by atoms with Gasteiger partial charge in [-0.2, -0.15) is 0 Å². The highest BCUT2D eigenvalue weighted by molar-refractivity contribution is 6.02. The predicted molar refractivity (Wildman–Crippen MR) is 73.5 cm³/mol. The number of urea groups is 1. The number of hydrogen-bond acceptors (Lipinski definition) is 3. The fourth-order valence-electron chi connectivity index (χ4n) is 2.41. The van der Waals surface area contributed by atoms with Crippen molar-refractivity contribution in [1.82, 2.24) is 9.80 Å². The molecule has 20 heavy (non-hydrogen) atoms. The van der Waals surface area contributed by atoms with Crippen LogP contribution < -0.4 is 4.74 Å². The Morgan fingerprint density at radius 1 is 1.30 bits per heavy atom. The molecule has 106 valence electrons. The predicted octanol–water partition coefficient (Wildman–Crippen LogP) is 1.80. The normalized spacial score (nSPS) is 18.9. The zero-order chi connectivity index (χ0) is 14.1. The highest BCUT2D eigenvalue weighted by Crippen LogP contribution is 2.30. The lowest BCUT2D eigenvalue weighted by molar-refractivity contribution is -0.125. The Hall–Kier alpha value is -2.04. The van der Waals surface area contributed by atoms with E-state index in [1.807, 2.05) is 31.2 Å². The second-order valence-corrected chi connectivity index (χ2v) is 5.35. The number of aryl methyl sites for hydroxylation is 1. The first-order valence-electron chi connectivity index (χ1n) is 6.95. The standard InChI is InChI=1S/C15H18N2O3/c1-11-3-2-4-13(9-11)20-8-7-16-14(18)10-17(15(16)19)12-5-6-12/h2-4,9,12H,5-8,10H2,1H3. The van der Waals surface area contributed by atoms with E-state index in [1.165, 1.54) is 4.90 Å². The van der Waals surface area contributed by atoms with Gasteiger partial charge in [-0.25, -0.2) is 4.79 Å². The number of imide groups is 1. The molecule has 0 radical (unpaired) electrons. The molecule has 3 amide bonds. The summed E-state index contributed by atoms with van der Waals surface area (Å²) in [6.07, 6.45) is 2.04. The average Bonchev–Trinajstić information content (AvgIpc) is 3.20. The van der Waals surface area contributed by atoms with Gasteiger partial charge in [0, 0.05) is 6.04 Å². The molecule has 1 aromatic carbocycles. The van der Waals surface area contributed by atoms with Crippen molar-refractivity contribution in [1.29, 1.82) is 0 Å². The molecule has 1 aromatic rings. The molecule has 2 aliphatic rings. The number of hydrogen-bond donors (Lipinski definition) is 0. The van der Waals surface area contributed by atoms with Gasteiger partial charge < -0.3 is 9.64 Å². The minimum absolute atomic E-state index is 0.116. The number of amides is 3. The zero-order valence-corrected chi connectivity index (χ0v) is 11.5. The number of rotatable bonds is 5. The van der Waals surface area contributed by atoms with Crippen molar-refractivity contribution >= 4 is 11.9 Å². The van der Waals surface area contributed by atoms with Gasteiger partial charge in [-0.15, -0.1) is 0 Å². The van der Waals surface area contributed by atoms with E-state index >= 15 is 0 Å². The van der Waals surface area contributed by atoms with Crippen LogP contribution in [0, 0.1) is 6.92 Å². The van der Waals surface area contributed by atoms with Crippen molar-refractivity contribution in [3.05, 3.63) is 29.8 Å². The first kappa shape index (κ1) is 13.0. The molecule has 5 heteroatoms. The van der Waals surface area contributed by atoms with E-state index < -0.39 is 0 Å². The van der Waals surface area contributed by atoms with Crippen LogP contribution in [0.1, 0.15) is 18.4 Å². The molecular weight excluding hydrogens is 256 g/mol. The lowest BCUT2D eigenvalue weighted by atomic mass is 10.2. The molecule has 0 unspecified atom stereocenters. The summed E-state index contributed by atoms with van der Waals surface area (Å²) < 4.78 is 5.59. The summed E-state index contributed by atoms with van der Waals surface area (Å²) in [4.78, 5) is 26.9. The maximum absolute atomic E-state index is 12.1. The van der Waals surface area contributed by atoms with E-state index in [4.69, 9.17) is 4.74 Å². The molecule has 3 rings (SSSR count). The van der Waals surface area contributed by atoms with Gasteiger partial charge in [-0.3, -0.25) is 9.69 Å². The minimum atomic E-state index is -0.162. The van der Waals surface area contributed by atoms with Crippen molar-refractivity contribution in [3.63, 3.8) is 0 Å². The third-order valence-electron chi connectivity index (χ3n) is 3.64. The fourth-order valence-corrected chi connectivity index (χ4v) is 2.41. The molecule has 0 bridgehead atoms. The van der Waals surface area contributed by atoms with E-state index in [-0.39, 0.29) is 24.5 Å². The molecular formula is C15H18N2O3. The second kappa shape index (κ2) is 5.15. The lowest BCUT2D eigenvalue weighted by Crippen LogP contribution is -2.36. The molecule has 5 nitrogen and oxygen atoms in total. The zero-order valence-electron chi connectivity index (χ0n) is 11.5. The van der Waals surface area contributed by atoms with Crippen molar-refractivity contribution in [3.8, 4) is 5.75 Å². The molecule has 1 saturated carbocycles. The van der Waals surface area contributed by atoms with Crippen LogP contribution in [-0.4, -0.2) is 47.5 Å². The highest BCUT2D eigenvalue weighted by atomic mass is 16.5. The Balaban J connectivity index is 1.53. The van der Waals surface area contributed by atoms with Crippen LogP contribution in [0.4, 0.5) is 4.79 Å². The third-order valence-corrected chi connectivity index (χ3v) is 3.64. The average molecular weight is 274 g/mol. The minimum Gasteiger partial charge on any atom is -0.492 e. The third kappa shape index (κ3) is 2.61. The second-order valence-electron chi connectivity index (χ2n) is 5.35. The Kier molecular flexibility index (Phi) is 3.34. The van der Waals surface area contributed by atoms with Crippen molar-refractivity contribution < 1.29 is 14.3 Å². The van der Waals surface area contributed by atoms with Gasteiger partial charge in [-0.05, 0) is 37.5 Å². The van der Waals surface area contributed by atoms with Crippen LogP contribution >= 0.6 is 0 Å². The Labute approximate surface area is 118 Å². The van der Waals surface area contributed by atoms with Crippen molar-refractivity contribution in [2.24, 2.45) is 0 Å². The number of carbonyl (C=O) groups excluding carboxylic acids is 2. The van der Waals surface area contributed by atoms with E-state index in [1.54, 1.807) is 4.90 Å².